The van der Waals surface area contributed by atoms with Crippen molar-refractivity contribution in [2.75, 3.05) is 7.11 Å². The second-order valence-corrected chi connectivity index (χ2v) is 11.5. The molecule has 2 heterocycles. The zero-order chi connectivity index (χ0) is 32.8. The molecule has 14 nitrogen and oxygen atoms in total. The molecule has 0 aromatic heterocycles. The number of methoxy groups -OCH3 is 1. The van der Waals surface area contributed by atoms with Crippen LogP contribution in [-0.2, 0) is 36.7 Å². The summed E-state index contributed by atoms with van der Waals surface area (Å²) in [5, 5.41) is 30.1. The first-order chi connectivity index (χ1) is 20.6. The summed E-state index contributed by atoms with van der Waals surface area (Å²) < 4.78 is 15.9. The molecule has 2 aromatic rings. The van der Waals surface area contributed by atoms with Crippen molar-refractivity contribution in [3.63, 3.8) is 0 Å². The average Bonchev–Trinajstić information content (AvgIpc) is 2.95. The normalized spacial score (nSPS) is 18.0. The number of phenolic OH excluding ortho intramolecular Hbond substituents is 1. The summed E-state index contributed by atoms with van der Waals surface area (Å²) in [5.74, 6) is -3.16. The molecule has 2 aliphatic rings. The van der Waals surface area contributed by atoms with E-state index >= 15 is 0 Å². The number of benzene rings is 2. The summed E-state index contributed by atoms with van der Waals surface area (Å²) in [7, 11) is 1.13. The standard InChI is InChI=1S/C30H38N4O10/c1-7-16(2)25(33-29(39)44-30(3,4)5)27(37)31-19-12-18-8-10-22(35)24(15-18)43-23-11-9-17(14-21(23)34(40)41)13-20(28(38)42-6)32-26(19)36/h8-11,14-16,19-20,25,35H,7,12-13H2,1-6H3,(H,31,37)(H,32,36)(H,33,39)/t16-,19-,20-,25-/m0/s1. The summed E-state index contributed by atoms with van der Waals surface area (Å²) in [6.45, 7) is 8.65. The van der Waals surface area contributed by atoms with Gasteiger partial charge in [0, 0.05) is 18.9 Å². The van der Waals surface area contributed by atoms with Crippen LogP contribution in [0.15, 0.2) is 36.4 Å². The summed E-state index contributed by atoms with van der Waals surface area (Å²) >= 11 is 0. The third-order valence-corrected chi connectivity index (χ3v) is 6.95. The lowest BCUT2D eigenvalue weighted by molar-refractivity contribution is -0.385. The minimum Gasteiger partial charge on any atom is -0.504 e. The third kappa shape index (κ3) is 8.82. The fourth-order valence-corrected chi connectivity index (χ4v) is 4.49. The van der Waals surface area contributed by atoms with Gasteiger partial charge in [-0.15, -0.1) is 0 Å². The number of nitrogens with one attached hydrogen (secondary N) is 3. The van der Waals surface area contributed by atoms with E-state index in [2.05, 4.69) is 16.0 Å². The number of alkyl carbamates (subject to hydrolysis) is 1. The monoisotopic (exact) mass is 614 g/mol. The van der Waals surface area contributed by atoms with Gasteiger partial charge in [-0.2, -0.15) is 0 Å². The van der Waals surface area contributed by atoms with E-state index in [1.807, 2.05) is 6.92 Å². The Hall–Kier alpha value is -4.88. The van der Waals surface area contributed by atoms with Gasteiger partial charge in [-0.25, -0.2) is 9.59 Å². The summed E-state index contributed by atoms with van der Waals surface area (Å²) in [6.07, 6.45) is -0.606. The Bertz CT molecular complexity index is 1420. The molecule has 238 valence electrons. The molecule has 4 atom stereocenters. The molecular weight excluding hydrogens is 576 g/mol. The van der Waals surface area contributed by atoms with Crippen molar-refractivity contribution in [2.45, 2.75) is 77.6 Å². The second kappa shape index (κ2) is 14.1. The number of hydrogen-bond donors (Lipinski definition) is 4. The van der Waals surface area contributed by atoms with Crippen LogP contribution in [-0.4, -0.2) is 64.7 Å². The molecule has 0 spiro atoms. The maximum atomic E-state index is 13.7. The van der Waals surface area contributed by atoms with Crippen LogP contribution >= 0.6 is 0 Å². The highest BCUT2D eigenvalue weighted by molar-refractivity contribution is 5.93. The molecule has 14 heteroatoms. The van der Waals surface area contributed by atoms with Crippen molar-refractivity contribution in [1.29, 1.82) is 0 Å². The van der Waals surface area contributed by atoms with E-state index in [0.29, 0.717) is 17.5 Å². The van der Waals surface area contributed by atoms with Crippen molar-refractivity contribution in [1.82, 2.24) is 16.0 Å². The largest absolute Gasteiger partial charge is 0.504 e. The predicted octanol–water partition coefficient (Wildman–Crippen LogP) is 3.27. The number of nitro benzene ring substituents is 1. The number of aromatic hydroxyl groups is 1. The van der Waals surface area contributed by atoms with Gasteiger partial charge in [0.05, 0.1) is 12.0 Å². The molecule has 44 heavy (non-hydrogen) atoms. The molecule has 0 aliphatic carbocycles. The lowest BCUT2D eigenvalue weighted by atomic mass is 9.97. The Balaban J connectivity index is 2.03. The van der Waals surface area contributed by atoms with Crippen molar-refractivity contribution in [2.24, 2.45) is 5.92 Å². The van der Waals surface area contributed by atoms with Crippen molar-refractivity contribution in [3.8, 4) is 17.2 Å². The summed E-state index contributed by atoms with van der Waals surface area (Å²) in [4.78, 5) is 63.7. The number of amides is 3. The molecule has 2 aromatic carbocycles. The number of carbonyl (C=O) groups is 4. The molecule has 0 fully saturated rings. The van der Waals surface area contributed by atoms with Crippen molar-refractivity contribution >= 4 is 29.6 Å². The molecule has 4 bridgehead atoms. The molecular formula is C30H38N4O10. The molecule has 0 radical (unpaired) electrons. The van der Waals surface area contributed by atoms with Gasteiger partial charge in [0.2, 0.25) is 17.6 Å². The number of fused-ring (bicyclic) bond motifs is 7. The Morgan fingerprint density at radius 1 is 1.14 bits per heavy atom. The van der Waals surface area contributed by atoms with E-state index in [0.717, 1.165) is 7.11 Å². The summed E-state index contributed by atoms with van der Waals surface area (Å²) in [6, 6.07) is 4.57. The maximum Gasteiger partial charge on any atom is 0.408 e. The van der Waals surface area contributed by atoms with E-state index in [-0.39, 0.29) is 36.0 Å². The van der Waals surface area contributed by atoms with Crippen LogP contribution in [0.25, 0.3) is 0 Å². The Morgan fingerprint density at radius 3 is 2.41 bits per heavy atom. The Morgan fingerprint density at radius 2 is 1.80 bits per heavy atom. The number of ether oxygens (including phenoxy) is 3. The van der Waals surface area contributed by atoms with E-state index < -0.39 is 58.2 Å². The quantitative estimate of drug-likeness (QED) is 0.204. The highest BCUT2D eigenvalue weighted by Gasteiger charge is 2.34. The Kier molecular flexibility index (Phi) is 10.7. The fraction of sp³-hybridized carbons (Fsp3) is 0.467. The average molecular weight is 615 g/mol. The maximum absolute atomic E-state index is 13.7. The van der Waals surface area contributed by atoms with Crippen LogP contribution in [0.5, 0.6) is 17.2 Å². The van der Waals surface area contributed by atoms with Gasteiger partial charge in [-0.05, 0) is 56.0 Å². The smallest absolute Gasteiger partial charge is 0.408 e. The first kappa shape index (κ1) is 33.6. The van der Waals surface area contributed by atoms with Crippen LogP contribution in [0.4, 0.5) is 10.5 Å². The van der Waals surface area contributed by atoms with Crippen LogP contribution in [0.2, 0.25) is 0 Å². The Labute approximate surface area is 254 Å². The van der Waals surface area contributed by atoms with Crippen molar-refractivity contribution < 1.29 is 43.4 Å². The van der Waals surface area contributed by atoms with Crippen LogP contribution < -0.4 is 20.7 Å². The number of carbonyl (C=O) groups excluding carboxylic acids is 4. The number of hydrogen-bond acceptors (Lipinski definition) is 10. The van der Waals surface area contributed by atoms with E-state index in [1.165, 1.54) is 36.4 Å². The number of phenols is 1. The highest BCUT2D eigenvalue weighted by Crippen LogP contribution is 2.37. The second-order valence-electron chi connectivity index (χ2n) is 11.5. The minimum atomic E-state index is -1.27. The number of rotatable bonds is 7. The van der Waals surface area contributed by atoms with Gasteiger partial charge in [0.25, 0.3) is 0 Å². The van der Waals surface area contributed by atoms with Gasteiger partial charge in [-0.3, -0.25) is 19.7 Å². The van der Waals surface area contributed by atoms with Gasteiger partial charge >= 0.3 is 17.7 Å². The molecule has 4 rings (SSSR count). The zero-order valence-electron chi connectivity index (χ0n) is 25.5. The predicted molar refractivity (Wildman–Crippen MR) is 157 cm³/mol. The first-order valence-electron chi connectivity index (χ1n) is 14.1. The molecule has 4 N–H and O–H groups in total. The van der Waals surface area contributed by atoms with Crippen molar-refractivity contribution in [3.05, 3.63) is 57.6 Å². The minimum absolute atomic E-state index is 0.114. The van der Waals surface area contributed by atoms with E-state index in [9.17, 15) is 34.4 Å². The van der Waals surface area contributed by atoms with Gasteiger partial charge < -0.3 is 35.3 Å². The summed E-state index contributed by atoms with van der Waals surface area (Å²) in [5.41, 5.74) is -0.510. The number of nitro groups is 1. The van der Waals surface area contributed by atoms with Gasteiger partial charge in [0.1, 0.15) is 23.7 Å². The van der Waals surface area contributed by atoms with Crippen LogP contribution in [0.3, 0.4) is 0 Å². The lowest BCUT2D eigenvalue weighted by Gasteiger charge is -2.28. The highest BCUT2D eigenvalue weighted by atomic mass is 16.6. The topological polar surface area (TPSA) is 195 Å². The fourth-order valence-electron chi connectivity index (χ4n) is 4.49. The molecule has 0 saturated carbocycles. The van der Waals surface area contributed by atoms with E-state index in [1.54, 1.807) is 27.7 Å². The molecule has 3 amide bonds. The third-order valence-electron chi connectivity index (χ3n) is 6.95. The number of nitrogens with zero attached hydrogens (tertiary/aromatic N) is 1. The number of esters is 1. The molecule has 0 saturated heterocycles. The van der Waals surface area contributed by atoms with Crippen LogP contribution in [0, 0.1) is 16.0 Å². The molecule has 0 unspecified atom stereocenters. The van der Waals surface area contributed by atoms with Gasteiger partial charge in [-0.1, -0.05) is 32.4 Å². The zero-order valence-corrected chi connectivity index (χ0v) is 25.5. The van der Waals surface area contributed by atoms with Gasteiger partial charge in [0.15, 0.2) is 11.5 Å². The van der Waals surface area contributed by atoms with Crippen LogP contribution in [0.1, 0.15) is 52.2 Å². The SMILES string of the molecule is CC[C@H](C)[C@H](NC(=O)OC(C)(C)C)C(=O)N[C@H]1Cc2ccc(O)c(c2)Oc2ccc(cc2[N+](=O)[O-])C[C@@H](C(=O)OC)NC1=O. The molecule has 2 aliphatic heterocycles. The first-order valence-corrected chi connectivity index (χ1v) is 14.1. The van der Waals surface area contributed by atoms with E-state index in [4.69, 9.17) is 14.2 Å². The lowest BCUT2D eigenvalue weighted by Crippen LogP contribution is -2.58.